The summed E-state index contributed by atoms with van der Waals surface area (Å²) in [4.78, 5) is 17.4. The molecule has 0 spiro atoms. The third-order valence-electron chi connectivity index (χ3n) is 3.99. The van der Waals surface area contributed by atoms with Gasteiger partial charge in [-0.2, -0.15) is 0 Å². The van der Waals surface area contributed by atoms with Crippen LogP contribution in [0.4, 0.5) is 0 Å². The van der Waals surface area contributed by atoms with Crippen LogP contribution in [-0.2, 0) is 11.2 Å². The van der Waals surface area contributed by atoms with Gasteiger partial charge in [0.1, 0.15) is 0 Å². The van der Waals surface area contributed by atoms with Gasteiger partial charge in [-0.15, -0.1) is 0 Å². The fourth-order valence-electron chi connectivity index (χ4n) is 2.88. The molecule has 1 aromatic heterocycles. The number of aromatic amines is 1. The Labute approximate surface area is 113 Å². The number of aryl methyl sites for hydroxylation is 1. The quantitative estimate of drug-likeness (QED) is 0.900. The minimum atomic E-state index is 0.310. The van der Waals surface area contributed by atoms with Crippen molar-refractivity contribution in [3.8, 4) is 0 Å². The maximum atomic E-state index is 12.1. The van der Waals surface area contributed by atoms with Crippen LogP contribution in [0.5, 0.6) is 0 Å². The van der Waals surface area contributed by atoms with Crippen molar-refractivity contribution in [1.29, 1.82) is 0 Å². The third kappa shape index (κ3) is 2.65. The van der Waals surface area contributed by atoms with E-state index < -0.39 is 0 Å². The first-order valence-electron chi connectivity index (χ1n) is 7.17. The first-order chi connectivity index (χ1) is 9.34. The molecule has 1 aliphatic heterocycles. The summed E-state index contributed by atoms with van der Waals surface area (Å²) in [7, 11) is 0. The number of carbonyl (C=O) groups excluding carboxylic acids is 1. The number of fused-ring (bicyclic) bond motifs is 1. The van der Waals surface area contributed by atoms with Gasteiger partial charge in [-0.1, -0.05) is 18.2 Å². The smallest absolute Gasteiger partial charge is 0.222 e. The van der Waals surface area contributed by atoms with Gasteiger partial charge >= 0.3 is 0 Å². The fourth-order valence-corrected chi connectivity index (χ4v) is 2.88. The molecule has 1 fully saturated rings. The largest absolute Gasteiger partial charge is 0.361 e. The van der Waals surface area contributed by atoms with E-state index in [2.05, 4.69) is 17.1 Å². The van der Waals surface area contributed by atoms with E-state index in [1.807, 2.05) is 23.2 Å². The summed E-state index contributed by atoms with van der Waals surface area (Å²) in [5.41, 5.74) is 2.41. The predicted octanol–water partition coefficient (Wildman–Crippen LogP) is 3.11. The molecule has 1 N–H and O–H groups in total. The number of likely N-dealkylation sites (tertiary alicyclic amines) is 1. The van der Waals surface area contributed by atoms with Gasteiger partial charge in [0.15, 0.2) is 0 Å². The van der Waals surface area contributed by atoms with Gasteiger partial charge in [-0.3, -0.25) is 4.79 Å². The van der Waals surface area contributed by atoms with Gasteiger partial charge in [0.25, 0.3) is 0 Å². The Morgan fingerprint density at radius 3 is 2.79 bits per heavy atom. The first-order valence-corrected chi connectivity index (χ1v) is 7.17. The van der Waals surface area contributed by atoms with Crippen molar-refractivity contribution in [2.24, 2.45) is 0 Å². The minimum Gasteiger partial charge on any atom is -0.361 e. The molecule has 100 valence electrons. The van der Waals surface area contributed by atoms with Gasteiger partial charge in [0.05, 0.1) is 0 Å². The van der Waals surface area contributed by atoms with E-state index in [-0.39, 0.29) is 0 Å². The van der Waals surface area contributed by atoms with E-state index in [0.717, 1.165) is 25.0 Å². The molecule has 2 heterocycles. The summed E-state index contributed by atoms with van der Waals surface area (Å²) in [5.74, 6) is 0.310. The van der Waals surface area contributed by atoms with E-state index in [0.29, 0.717) is 12.3 Å². The number of carbonyl (C=O) groups is 1. The summed E-state index contributed by atoms with van der Waals surface area (Å²) < 4.78 is 0. The maximum Gasteiger partial charge on any atom is 0.222 e. The molecule has 19 heavy (non-hydrogen) atoms. The lowest BCUT2D eigenvalue weighted by Crippen LogP contribution is -2.35. The van der Waals surface area contributed by atoms with Crippen LogP contribution in [-0.4, -0.2) is 28.9 Å². The molecule has 3 nitrogen and oxygen atoms in total. The average Bonchev–Trinajstić information content (AvgIpc) is 2.89. The highest BCUT2D eigenvalue weighted by Gasteiger charge is 2.16. The number of rotatable bonds is 3. The normalized spacial score (nSPS) is 15.9. The molecule has 0 radical (unpaired) electrons. The summed E-state index contributed by atoms with van der Waals surface area (Å²) >= 11 is 0. The van der Waals surface area contributed by atoms with Crippen molar-refractivity contribution in [1.82, 2.24) is 9.88 Å². The molecular formula is C16H20N2O. The van der Waals surface area contributed by atoms with E-state index in [4.69, 9.17) is 0 Å². The topological polar surface area (TPSA) is 36.1 Å². The zero-order chi connectivity index (χ0) is 13.1. The Balaban J connectivity index is 1.64. The SMILES string of the molecule is O=C(CCc1c[nH]c2ccccc12)N1CCCCC1. The zero-order valence-electron chi connectivity index (χ0n) is 11.2. The standard InChI is InChI=1S/C16H20N2O/c19-16(18-10-4-1-5-11-18)9-8-13-12-17-15-7-3-2-6-14(13)15/h2-3,6-7,12,17H,1,4-5,8-11H2. The molecule has 1 saturated heterocycles. The molecule has 3 rings (SSSR count). The average molecular weight is 256 g/mol. The number of hydrogen-bond donors (Lipinski definition) is 1. The van der Waals surface area contributed by atoms with Crippen molar-refractivity contribution >= 4 is 16.8 Å². The third-order valence-corrected chi connectivity index (χ3v) is 3.99. The van der Waals surface area contributed by atoms with Gasteiger partial charge in [-0.05, 0) is 37.3 Å². The maximum absolute atomic E-state index is 12.1. The zero-order valence-corrected chi connectivity index (χ0v) is 11.2. The van der Waals surface area contributed by atoms with Gasteiger partial charge in [0.2, 0.25) is 5.91 Å². The van der Waals surface area contributed by atoms with Crippen LogP contribution in [0.3, 0.4) is 0 Å². The van der Waals surface area contributed by atoms with E-state index in [1.165, 1.54) is 30.2 Å². The Kier molecular flexibility index (Phi) is 3.53. The highest BCUT2D eigenvalue weighted by molar-refractivity contribution is 5.84. The highest BCUT2D eigenvalue weighted by Crippen LogP contribution is 2.19. The number of piperidine rings is 1. The van der Waals surface area contributed by atoms with Crippen LogP contribution in [0.15, 0.2) is 30.5 Å². The predicted molar refractivity (Wildman–Crippen MR) is 77.1 cm³/mol. The summed E-state index contributed by atoms with van der Waals surface area (Å²) in [6.07, 6.45) is 7.10. The summed E-state index contributed by atoms with van der Waals surface area (Å²) in [6, 6.07) is 8.27. The molecule has 2 aromatic rings. The molecular weight excluding hydrogens is 236 g/mol. The number of para-hydroxylation sites is 1. The second-order valence-corrected chi connectivity index (χ2v) is 5.30. The molecule has 0 saturated carbocycles. The summed E-state index contributed by atoms with van der Waals surface area (Å²) in [6.45, 7) is 1.90. The molecule has 0 bridgehead atoms. The van der Waals surface area contributed by atoms with Gasteiger partial charge in [-0.25, -0.2) is 0 Å². The Morgan fingerprint density at radius 2 is 1.95 bits per heavy atom. The number of amides is 1. The fraction of sp³-hybridized carbons (Fsp3) is 0.438. The van der Waals surface area contributed by atoms with Crippen molar-refractivity contribution < 1.29 is 4.79 Å². The number of H-pyrrole nitrogens is 1. The van der Waals surface area contributed by atoms with Crippen molar-refractivity contribution in [3.05, 3.63) is 36.0 Å². The number of hydrogen-bond acceptors (Lipinski definition) is 1. The lowest BCUT2D eigenvalue weighted by Gasteiger charge is -2.26. The lowest BCUT2D eigenvalue weighted by atomic mass is 10.1. The molecule has 3 heteroatoms. The number of aromatic nitrogens is 1. The van der Waals surface area contributed by atoms with E-state index in [9.17, 15) is 4.79 Å². The second-order valence-electron chi connectivity index (χ2n) is 5.30. The monoisotopic (exact) mass is 256 g/mol. The van der Waals surface area contributed by atoms with Crippen LogP contribution >= 0.6 is 0 Å². The lowest BCUT2D eigenvalue weighted by molar-refractivity contribution is -0.132. The van der Waals surface area contributed by atoms with Gasteiger partial charge < -0.3 is 9.88 Å². The number of benzene rings is 1. The van der Waals surface area contributed by atoms with Crippen LogP contribution in [0, 0.1) is 0 Å². The summed E-state index contributed by atoms with van der Waals surface area (Å²) in [5, 5.41) is 1.24. The minimum absolute atomic E-state index is 0.310. The molecule has 1 amide bonds. The highest BCUT2D eigenvalue weighted by atomic mass is 16.2. The second kappa shape index (κ2) is 5.47. The molecule has 0 unspecified atom stereocenters. The molecule has 0 atom stereocenters. The number of nitrogens with zero attached hydrogens (tertiary/aromatic N) is 1. The molecule has 1 aromatic carbocycles. The van der Waals surface area contributed by atoms with Crippen molar-refractivity contribution in [2.45, 2.75) is 32.1 Å². The van der Waals surface area contributed by atoms with Crippen molar-refractivity contribution in [2.75, 3.05) is 13.1 Å². The van der Waals surface area contributed by atoms with E-state index in [1.54, 1.807) is 0 Å². The van der Waals surface area contributed by atoms with Crippen LogP contribution in [0.1, 0.15) is 31.2 Å². The molecule has 1 aliphatic rings. The Morgan fingerprint density at radius 1 is 1.16 bits per heavy atom. The Bertz CT molecular complexity index is 567. The van der Waals surface area contributed by atoms with Crippen molar-refractivity contribution in [3.63, 3.8) is 0 Å². The van der Waals surface area contributed by atoms with Crippen LogP contribution in [0.25, 0.3) is 10.9 Å². The Hall–Kier alpha value is -1.77. The molecule has 0 aliphatic carbocycles. The number of nitrogens with one attached hydrogen (secondary N) is 1. The van der Waals surface area contributed by atoms with E-state index >= 15 is 0 Å². The van der Waals surface area contributed by atoms with Crippen LogP contribution in [0.2, 0.25) is 0 Å². The van der Waals surface area contributed by atoms with Gasteiger partial charge in [0, 0.05) is 36.6 Å². The first kappa shape index (κ1) is 12.3. The van der Waals surface area contributed by atoms with Crippen LogP contribution < -0.4 is 0 Å².